The first-order chi connectivity index (χ1) is 16.5. The second-order valence-corrected chi connectivity index (χ2v) is 7.44. The summed E-state index contributed by atoms with van der Waals surface area (Å²) in [6.45, 7) is 0.478. The van der Waals surface area contributed by atoms with E-state index in [0.717, 1.165) is 16.9 Å². The monoisotopic (exact) mass is 469 g/mol. The number of oxime groups is 1. The van der Waals surface area contributed by atoms with Gasteiger partial charge in [0.05, 0.1) is 7.11 Å². The van der Waals surface area contributed by atoms with Crippen molar-refractivity contribution >= 4 is 5.71 Å². The zero-order valence-electron chi connectivity index (χ0n) is 19.1. The van der Waals surface area contributed by atoms with Gasteiger partial charge in [0, 0.05) is 18.1 Å². The lowest BCUT2D eigenvalue weighted by Gasteiger charge is -2.11. The zero-order valence-corrected chi connectivity index (χ0v) is 19.1. The lowest BCUT2D eigenvalue weighted by molar-refractivity contribution is -0.0448. The maximum Gasteiger partial charge on any atom is 0.151 e. The van der Waals surface area contributed by atoms with Crippen LogP contribution < -0.4 is 14.2 Å². The van der Waals surface area contributed by atoms with Gasteiger partial charge in [-0.1, -0.05) is 23.4 Å². The van der Waals surface area contributed by atoms with Gasteiger partial charge in [-0.15, -0.1) is 0 Å². The molecule has 0 aliphatic rings. The average Bonchev–Trinajstić information content (AvgIpc) is 2.85. The summed E-state index contributed by atoms with van der Waals surface area (Å²) in [6.07, 6.45) is -1.14. The first-order valence-corrected chi connectivity index (χ1v) is 10.7. The molecule has 0 amide bonds. The van der Waals surface area contributed by atoms with Gasteiger partial charge in [-0.05, 0) is 60.0 Å². The Morgan fingerprint density at radius 2 is 1.56 bits per heavy atom. The van der Waals surface area contributed by atoms with Crippen LogP contribution >= 0.6 is 0 Å². The number of aliphatic hydroxyl groups excluding tert-OH is 1. The summed E-state index contributed by atoms with van der Waals surface area (Å²) in [7, 11) is 3.09. The number of hydrogen-bond acceptors (Lipinski definition) is 7. The summed E-state index contributed by atoms with van der Waals surface area (Å²) in [6, 6.07) is 19.4. The van der Waals surface area contributed by atoms with Crippen molar-refractivity contribution in [2.75, 3.05) is 20.8 Å². The van der Waals surface area contributed by atoms with Gasteiger partial charge in [-0.2, -0.15) is 0 Å². The van der Waals surface area contributed by atoms with Crippen molar-refractivity contribution in [3.8, 4) is 17.2 Å². The number of rotatable bonds is 12. The maximum atomic E-state index is 14.2. The Labute approximate surface area is 198 Å². The van der Waals surface area contributed by atoms with Gasteiger partial charge >= 0.3 is 0 Å². The molecular formula is C26H28FNO6. The molecule has 3 aromatic rings. The molecule has 0 bridgehead atoms. The summed E-state index contributed by atoms with van der Waals surface area (Å²) < 4.78 is 30.9. The molecule has 0 unspecified atom stereocenters. The summed E-state index contributed by atoms with van der Waals surface area (Å²) in [5.41, 5.74) is 2.80. The fourth-order valence-corrected chi connectivity index (χ4v) is 3.16. The van der Waals surface area contributed by atoms with Crippen LogP contribution in [0, 0.1) is 5.82 Å². The van der Waals surface area contributed by atoms with Crippen LogP contribution in [-0.2, 0) is 17.9 Å². The van der Waals surface area contributed by atoms with Crippen LogP contribution in [0.4, 0.5) is 4.39 Å². The van der Waals surface area contributed by atoms with Crippen molar-refractivity contribution in [3.63, 3.8) is 0 Å². The van der Waals surface area contributed by atoms with E-state index >= 15 is 0 Å². The molecule has 8 heteroatoms. The largest absolute Gasteiger partial charge is 0.497 e. The fraction of sp³-hybridized carbons (Fsp3) is 0.269. The van der Waals surface area contributed by atoms with Crippen LogP contribution in [0.15, 0.2) is 71.9 Å². The van der Waals surface area contributed by atoms with E-state index in [-0.39, 0.29) is 26.1 Å². The molecule has 0 aliphatic heterocycles. The highest BCUT2D eigenvalue weighted by molar-refractivity contribution is 6.01. The van der Waals surface area contributed by atoms with E-state index in [2.05, 4.69) is 5.16 Å². The topological polar surface area (TPSA) is 89.7 Å². The molecular weight excluding hydrogens is 441 g/mol. The molecule has 0 saturated carbocycles. The Morgan fingerprint density at radius 1 is 0.882 bits per heavy atom. The molecule has 2 N–H and O–H groups in total. The minimum absolute atomic E-state index is 0.0739. The number of methoxy groups -OCH3 is 1. The summed E-state index contributed by atoms with van der Waals surface area (Å²) in [5.74, 6) is 1.36. The first-order valence-electron chi connectivity index (χ1n) is 10.7. The van der Waals surface area contributed by atoms with Crippen LogP contribution in [0.25, 0.3) is 0 Å². The van der Waals surface area contributed by atoms with E-state index in [1.807, 2.05) is 48.5 Å². The molecule has 0 heterocycles. The standard InChI is InChI=1S/C26H28FNO6/c1-31-21-11-6-20(7-12-21)25(28-32-2)17-34-22-9-3-18(4-10-22)16-33-23-13-5-19(24(27)15-23)8-14-26(29)30/h3-7,9-13,15,26,29-30H,8,14,16-17H2,1-2H3/b28-25+. The molecule has 0 spiro atoms. The number of ether oxygens (including phenoxy) is 3. The molecule has 7 nitrogen and oxygen atoms in total. The third-order valence-corrected chi connectivity index (χ3v) is 5.03. The predicted molar refractivity (Wildman–Crippen MR) is 126 cm³/mol. The molecule has 0 aliphatic carbocycles. The van der Waals surface area contributed by atoms with E-state index in [9.17, 15) is 4.39 Å². The van der Waals surface area contributed by atoms with Gasteiger partial charge in [-0.3, -0.25) is 0 Å². The maximum absolute atomic E-state index is 14.2. The highest BCUT2D eigenvalue weighted by Crippen LogP contribution is 2.21. The van der Waals surface area contributed by atoms with E-state index in [4.69, 9.17) is 29.3 Å². The third kappa shape index (κ3) is 7.47. The van der Waals surface area contributed by atoms with Crippen molar-refractivity contribution in [1.82, 2.24) is 0 Å². The Kier molecular flexibility index (Phi) is 9.25. The predicted octanol–water partition coefficient (Wildman–Crippen LogP) is 4.09. The quantitative estimate of drug-likeness (QED) is 0.236. The lowest BCUT2D eigenvalue weighted by Crippen LogP contribution is -2.13. The van der Waals surface area contributed by atoms with E-state index in [1.165, 1.54) is 13.2 Å². The molecule has 0 saturated heterocycles. The third-order valence-electron chi connectivity index (χ3n) is 5.03. The van der Waals surface area contributed by atoms with Gasteiger partial charge in [-0.25, -0.2) is 4.39 Å². The van der Waals surface area contributed by atoms with Crippen LogP contribution in [0.2, 0.25) is 0 Å². The zero-order chi connectivity index (χ0) is 24.3. The average molecular weight is 470 g/mol. The van der Waals surface area contributed by atoms with Crippen molar-refractivity contribution < 1.29 is 33.7 Å². The SMILES string of the molecule is CO/N=C(\COc1ccc(COc2ccc(CCC(O)O)c(F)c2)cc1)c1ccc(OC)cc1. The minimum atomic E-state index is -1.46. The molecule has 0 fully saturated rings. The fourth-order valence-electron chi connectivity index (χ4n) is 3.16. The summed E-state index contributed by atoms with van der Waals surface area (Å²) in [5, 5.41) is 21.9. The molecule has 0 atom stereocenters. The lowest BCUT2D eigenvalue weighted by atomic mass is 10.1. The van der Waals surface area contributed by atoms with Crippen LogP contribution in [0.1, 0.15) is 23.1 Å². The summed E-state index contributed by atoms with van der Waals surface area (Å²) in [4.78, 5) is 4.95. The van der Waals surface area contributed by atoms with Crippen molar-refractivity contribution in [2.45, 2.75) is 25.7 Å². The highest BCUT2D eigenvalue weighted by atomic mass is 19.1. The van der Waals surface area contributed by atoms with Gasteiger partial charge in [0.25, 0.3) is 0 Å². The van der Waals surface area contributed by atoms with Crippen molar-refractivity contribution in [3.05, 3.63) is 89.2 Å². The number of aliphatic hydroxyl groups is 2. The molecule has 180 valence electrons. The molecule has 0 aromatic heterocycles. The summed E-state index contributed by atoms with van der Waals surface area (Å²) >= 11 is 0. The number of hydrogen-bond donors (Lipinski definition) is 2. The van der Waals surface area contributed by atoms with E-state index in [1.54, 1.807) is 19.2 Å². The van der Waals surface area contributed by atoms with Gasteiger partial charge in [0.2, 0.25) is 0 Å². The van der Waals surface area contributed by atoms with E-state index in [0.29, 0.717) is 22.8 Å². The van der Waals surface area contributed by atoms with Gasteiger partial charge in [0.1, 0.15) is 49.1 Å². The van der Waals surface area contributed by atoms with E-state index < -0.39 is 12.1 Å². The van der Waals surface area contributed by atoms with Gasteiger partial charge < -0.3 is 29.3 Å². The molecule has 34 heavy (non-hydrogen) atoms. The Bertz CT molecular complexity index is 1070. The number of benzene rings is 3. The highest BCUT2D eigenvalue weighted by Gasteiger charge is 2.09. The first kappa shape index (κ1) is 25.0. The number of nitrogens with zero attached hydrogens (tertiary/aromatic N) is 1. The number of halogens is 1. The van der Waals surface area contributed by atoms with Crippen molar-refractivity contribution in [1.29, 1.82) is 0 Å². The van der Waals surface area contributed by atoms with Crippen LogP contribution in [0.3, 0.4) is 0 Å². The Morgan fingerprint density at radius 3 is 2.18 bits per heavy atom. The second-order valence-electron chi connectivity index (χ2n) is 7.44. The van der Waals surface area contributed by atoms with Crippen molar-refractivity contribution in [2.24, 2.45) is 5.16 Å². The smallest absolute Gasteiger partial charge is 0.151 e. The minimum Gasteiger partial charge on any atom is -0.497 e. The van der Waals surface area contributed by atoms with Crippen LogP contribution in [0.5, 0.6) is 17.2 Å². The Hall–Kier alpha value is -3.62. The second kappa shape index (κ2) is 12.6. The van der Waals surface area contributed by atoms with Crippen LogP contribution in [-0.4, -0.2) is 43.0 Å². The molecule has 3 aromatic carbocycles. The normalized spacial score (nSPS) is 11.4. The van der Waals surface area contributed by atoms with Gasteiger partial charge in [0.15, 0.2) is 6.29 Å². The number of aryl methyl sites for hydroxylation is 1. The Balaban J connectivity index is 1.53. The molecule has 3 rings (SSSR count). The molecule has 0 radical (unpaired) electrons.